The molecule has 90 valence electrons. The summed E-state index contributed by atoms with van der Waals surface area (Å²) < 4.78 is 6.40. The van der Waals surface area contributed by atoms with Crippen LogP contribution in [0.5, 0.6) is 0 Å². The number of esters is 1. The Kier molecular flexibility index (Phi) is 4.42. The molecule has 0 aliphatic carbocycles. The maximum Gasteiger partial charge on any atom is 0.323 e. The molecule has 1 atom stereocenters. The Morgan fingerprint density at radius 2 is 2.31 bits per heavy atom. The monoisotopic (exact) mass is 226 g/mol. The normalized spacial score (nSPS) is 12.8. The van der Waals surface area contributed by atoms with Crippen LogP contribution in [0.15, 0.2) is 6.20 Å². The molecule has 0 aliphatic rings. The second kappa shape index (κ2) is 5.60. The highest BCUT2D eigenvalue weighted by molar-refractivity contribution is 5.75. The van der Waals surface area contributed by atoms with Gasteiger partial charge in [0.1, 0.15) is 6.04 Å². The Labute approximate surface area is 95.0 Å². The number of aromatic nitrogens is 3. The predicted octanol–water partition coefficient (Wildman–Crippen LogP) is 0.102. The first kappa shape index (κ1) is 12.6. The zero-order valence-corrected chi connectivity index (χ0v) is 10.1. The van der Waals surface area contributed by atoms with Gasteiger partial charge in [-0.1, -0.05) is 19.1 Å². The third-order valence-corrected chi connectivity index (χ3v) is 2.43. The highest BCUT2D eigenvalue weighted by Crippen LogP contribution is 2.05. The van der Waals surface area contributed by atoms with Gasteiger partial charge in [0.25, 0.3) is 0 Å². The van der Waals surface area contributed by atoms with Crippen molar-refractivity contribution in [2.75, 3.05) is 7.11 Å². The summed E-state index contributed by atoms with van der Waals surface area (Å²) >= 11 is 0. The number of ether oxygens (including phenoxy) is 1. The third kappa shape index (κ3) is 3.03. The largest absolute Gasteiger partial charge is 0.468 e. The van der Waals surface area contributed by atoms with E-state index in [0.29, 0.717) is 6.54 Å². The highest BCUT2D eigenvalue weighted by atomic mass is 16.5. The molecule has 16 heavy (non-hydrogen) atoms. The van der Waals surface area contributed by atoms with Crippen molar-refractivity contribution in [3.05, 3.63) is 11.9 Å². The van der Waals surface area contributed by atoms with Crippen LogP contribution in [0.25, 0.3) is 0 Å². The van der Waals surface area contributed by atoms with Gasteiger partial charge in [0.15, 0.2) is 0 Å². The van der Waals surface area contributed by atoms with Crippen molar-refractivity contribution in [3.63, 3.8) is 0 Å². The molecule has 0 saturated carbocycles. The van der Waals surface area contributed by atoms with Crippen LogP contribution >= 0.6 is 0 Å². The Morgan fingerprint density at radius 3 is 2.75 bits per heavy atom. The fourth-order valence-corrected chi connectivity index (χ4v) is 1.40. The summed E-state index contributed by atoms with van der Waals surface area (Å²) in [7, 11) is 3.21. The summed E-state index contributed by atoms with van der Waals surface area (Å²) in [5, 5.41) is 10.7. The molecular formula is C10H18N4O2. The third-order valence-electron chi connectivity index (χ3n) is 2.43. The topological polar surface area (TPSA) is 69.0 Å². The van der Waals surface area contributed by atoms with Crippen molar-refractivity contribution in [2.24, 2.45) is 13.0 Å². The number of carbonyl (C=O) groups is 1. The molecule has 0 bridgehead atoms. The van der Waals surface area contributed by atoms with Gasteiger partial charge in [0.2, 0.25) is 0 Å². The second-order valence-corrected chi connectivity index (χ2v) is 3.97. The fraction of sp³-hybridized carbons (Fsp3) is 0.700. The van der Waals surface area contributed by atoms with E-state index in [2.05, 4.69) is 15.6 Å². The van der Waals surface area contributed by atoms with Gasteiger partial charge in [-0.25, -0.2) is 0 Å². The molecule has 0 amide bonds. The average molecular weight is 226 g/mol. The predicted molar refractivity (Wildman–Crippen MR) is 58.5 cm³/mol. The molecule has 0 fully saturated rings. The molecule has 0 radical (unpaired) electrons. The number of rotatable bonds is 5. The Morgan fingerprint density at radius 1 is 1.62 bits per heavy atom. The smallest absolute Gasteiger partial charge is 0.323 e. The van der Waals surface area contributed by atoms with E-state index < -0.39 is 0 Å². The molecule has 0 aliphatic heterocycles. The zero-order chi connectivity index (χ0) is 12.1. The Balaban J connectivity index is 2.57. The minimum absolute atomic E-state index is 0.175. The number of hydrogen-bond acceptors (Lipinski definition) is 5. The molecule has 0 unspecified atom stereocenters. The van der Waals surface area contributed by atoms with E-state index in [9.17, 15) is 4.79 Å². The molecule has 1 heterocycles. The first-order valence-corrected chi connectivity index (χ1v) is 5.21. The molecule has 1 aromatic rings. The summed E-state index contributed by atoms with van der Waals surface area (Å²) in [5.41, 5.74) is 0.926. The van der Waals surface area contributed by atoms with Gasteiger partial charge in [-0.05, 0) is 5.92 Å². The SMILES string of the molecule is COC(=O)[C@@H](NCc1cnnn1C)C(C)C. The van der Waals surface area contributed by atoms with E-state index in [4.69, 9.17) is 4.74 Å². The van der Waals surface area contributed by atoms with E-state index in [-0.39, 0.29) is 17.9 Å². The van der Waals surface area contributed by atoms with E-state index in [1.54, 1.807) is 10.9 Å². The first-order valence-electron chi connectivity index (χ1n) is 5.21. The summed E-state index contributed by atoms with van der Waals surface area (Å²) in [4.78, 5) is 11.5. The number of methoxy groups -OCH3 is 1. The molecule has 1 aromatic heterocycles. The van der Waals surface area contributed by atoms with Crippen molar-refractivity contribution in [3.8, 4) is 0 Å². The summed E-state index contributed by atoms with van der Waals surface area (Å²) in [6.07, 6.45) is 1.67. The molecule has 1 rings (SSSR count). The average Bonchev–Trinajstić information content (AvgIpc) is 2.64. The molecule has 6 nitrogen and oxygen atoms in total. The minimum atomic E-state index is -0.306. The van der Waals surface area contributed by atoms with Crippen molar-refractivity contribution >= 4 is 5.97 Å². The summed E-state index contributed by atoms with van der Waals surface area (Å²) in [6, 6.07) is -0.306. The molecule has 0 aromatic carbocycles. The number of aryl methyl sites for hydroxylation is 1. The standard InChI is InChI=1S/C10H18N4O2/c1-7(2)9(10(15)16-4)11-5-8-6-12-13-14(8)3/h6-7,9,11H,5H2,1-4H3/t9-/m0/s1. The van der Waals surface area contributed by atoms with Gasteiger partial charge in [0, 0.05) is 13.6 Å². The first-order chi connectivity index (χ1) is 7.56. The van der Waals surface area contributed by atoms with Crippen LogP contribution < -0.4 is 5.32 Å². The van der Waals surface area contributed by atoms with Gasteiger partial charge >= 0.3 is 5.97 Å². The summed E-state index contributed by atoms with van der Waals surface area (Å²) in [6.45, 7) is 4.48. The van der Waals surface area contributed by atoms with Crippen molar-refractivity contribution < 1.29 is 9.53 Å². The van der Waals surface area contributed by atoms with Crippen LogP contribution in [0.4, 0.5) is 0 Å². The van der Waals surface area contributed by atoms with Crippen LogP contribution in [0.1, 0.15) is 19.5 Å². The van der Waals surface area contributed by atoms with Gasteiger partial charge < -0.3 is 4.74 Å². The maximum atomic E-state index is 11.5. The number of nitrogens with one attached hydrogen (secondary N) is 1. The fourth-order valence-electron chi connectivity index (χ4n) is 1.40. The van der Waals surface area contributed by atoms with Crippen LogP contribution in [-0.4, -0.2) is 34.1 Å². The molecular weight excluding hydrogens is 208 g/mol. The lowest BCUT2D eigenvalue weighted by Crippen LogP contribution is -2.41. The van der Waals surface area contributed by atoms with E-state index in [1.807, 2.05) is 20.9 Å². The zero-order valence-electron chi connectivity index (χ0n) is 10.1. The Hall–Kier alpha value is -1.43. The molecule has 0 saturated heterocycles. The van der Waals surface area contributed by atoms with Crippen molar-refractivity contribution in [2.45, 2.75) is 26.4 Å². The van der Waals surface area contributed by atoms with Crippen LogP contribution in [0.2, 0.25) is 0 Å². The number of hydrogen-bond donors (Lipinski definition) is 1. The van der Waals surface area contributed by atoms with Crippen molar-refractivity contribution in [1.29, 1.82) is 0 Å². The van der Waals surface area contributed by atoms with E-state index in [1.165, 1.54) is 7.11 Å². The Bertz CT molecular complexity index is 348. The van der Waals surface area contributed by atoms with E-state index >= 15 is 0 Å². The number of nitrogens with zero attached hydrogens (tertiary/aromatic N) is 3. The van der Waals surface area contributed by atoms with Crippen LogP contribution in [0, 0.1) is 5.92 Å². The van der Waals surface area contributed by atoms with Crippen molar-refractivity contribution in [1.82, 2.24) is 20.3 Å². The molecule has 6 heteroatoms. The quantitative estimate of drug-likeness (QED) is 0.721. The van der Waals surface area contributed by atoms with Gasteiger partial charge in [-0.15, -0.1) is 5.10 Å². The molecule has 0 spiro atoms. The van der Waals surface area contributed by atoms with Crippen LogP contribution in [0.3, 0.4) is 0 Å². The van der Waals surface area contributed by atoms with Gasteiger partial charge in [0.05, 0.1) is 19.0 Å². The van der Waals surface area contributed by atoms with Crippen LogP contribution in [-0.2, 0) is 23.1 Å². The van der Waals surface area contributed by atoms with Gasteiger partial charge in [-0.2, -0.15) is 0 Å². The lowest BCUT2D eigenvalue weighted by atomic mass is 10.0. The lowest BCUT2D eigenvalue weighted by Gasteiger charge is -2.19. The second-order valence-electron chi connectivity index (χ2n) is 3.97. The minimum Gasteiger partial charge on any atom is -0.468 e. The lowest BCUT2D eigenvalue weighted by molar-refractivity contribution is -0.144. The van der Waals surface area contributed by atoms with E-state index in [0.717, 1.165) is 5.69 Å². The summed E-state index contributed by atoms with van der Waals surface area (Å²) in [5.74, 6) is -0.0706. The molecule has 1 N–H and O–H groups in total. The maximum absolute atomic E-state index is 11.5. The van der Waals surface area contributed by atoms with Gasteiger partial charge in [-0.3, -0.25) is 14.8 Å². The number of carbonyl (C=O) groups excluding carboxylic acids is 1. The highest BCUT2D eigenvalue weighted by Gasteiger charge is 2.22.